The molecule has 0 radical (unpaired) electrons. The van der Waals surface area contributed by atoms with E-state index >= 15 is 0 Å². The fraction of sp³-hybridized carbons (Fsp3) is 0.500. The van der Waals surface area contributed by atoms with Crippen molar-refractivity contribution in [3.8, 4) is 11.4 Å². The highest BCUT2D eigenvalue weighted by molar-refractivity contribution is 5.48. The zero-order chi connectivity index (χ0) is 18.4. The molecule has 0 aliphatic carbocycles. The number of aromatic nitrogens is 2. The molecule has 1 aliphatic heterocycles. The molecule has 1 N–H and O–H groups in total. The summed E-state index contributed by atoms with van der Waals surface area (Å²) >= 11 is 0. The number of halogens is 2. The summed E-state index contributed by atoms with van der Waals surface area (Å²) in [5.41, 5.74) is 1.11. The van der Waals surface area contributed by atoms with E-state index in [9.17, 15) is 13.9 Å². The molecule has 0 saturated carbocycles. The van der Waals surface area contributed by atoms with Gasteiger partial charge >= 0.3 is 6.11 Å². The topological polar surface area (TPSA) is 50.5 Å². The predicted molar refractivity (Wildman–Crippen MR) is 91.7 cm³/mol. The number of β-amino-alcohol motifs (C(OH)–C–C–N with tert-alkyl or cyclic N) is 1. The van der Waals surface area contributed by atoms with Crippen molar-refractivity contribution in [1.29, 1.82) is 0 Å². The molecule has 5 nitrogen and oxygen atoms in total. The Morgan fingerprint density at radius 2 is 1.84 bits per heavy atom. The van der Waals surface area contributed by atoms with E-state index in [1.807, 2.05) is 11.0 Å². The smallest absolute Gasteiger partial charge is 0.394 e. The van der Waals surface area contributed by atoms with E-state index in [0.717, 1.165) is 17.2 Å². The first-order chi connectivity index (χ1) is 11.5. The molecule has 25 heavy (non-hydrogen) atoms. The molecule has 1 aliphatic rings. The molecule has 1 fully saturated rings. The van der Waals surface area contributed by atoms with Gasteiger partial charge in [-0.1, -0.05) is 13.8 Å². The highest BCUT2D eigenvalue weighted by atomic mass is 19.3. The number of rotatable bonds is 5. The summed E-state index contributed by atoms with van der Waals surface area (Å²) in [5, 5.41) is 14.6. The molecule has 2 aromatic rings. The average Bonchev–Trinajstić information content (AvgIpc) is 2.89. The molecule has 0 atom stereocenters. The van der Waals surface area contributed by atoms with Gasteiger partial charge in [-0.05, 0) is 37.1 Å². The molecule has 3 rings (SSSR count). The lowest BCUT2D eigenvalue weighted by Crippen LogP contribution is -2.60. The number of benzene rings is 1. The maximum Gasteiger partial charge on any atom is 0.394 e. The number of hydrogen-bond donors (Lipinski definition) is 1. The Morgan fingerprint density at radius 3 is 2.32 bits per heavy atom. The van der Waals surface area contributed by atoms with E-state index in [1.165, 1.54) is 12.1 Å². The number of ether oxygens (including phenoxy) is 1. The van der Waals surface area contributed by atoms with Gasteiger partial charge in [0.1, 0.15) is 5.75 Å². The first-order valence-corrected chi connectivity index (χ1v) is 8.29. The van der Waals surface area contributed by atoms with Crippen LogP contribution in [0.2, 0.25) is 0 Å². The van der Waals surface area contributed by atoms with Crippen LogP contribution >= 0.6 is 0 Å². The Morgan fingerprint density at radius 1 is 1.24 bits per heavy atom. The molecule has 0 unspecified atom stereocenters. The summed E-state index contributed by atoms with van der Waals surface area (Å²) in [6, 6.07) is 8.43. The predicted octanol–water partition coefficient (Wildman–Crippen LogP) is 3.56. The quantitative estimate of drug-likeness (QED) is 0.895. The first-order valence-electron chi connectivity index (χ1n) is 8.29. The third-order valence-corrected chi connectivity index (χ3v) is 4.08. The highest BCUT2D eigenvalue weighted by Gasteiger charge is 2.38. The Bertz CT molecular complexity index is 741. The summed E-state index contributed by atoms with van der Waals surface area (Å²) in [5.74, 6) is 1.14. The highest BCUT2D eigenvalue weighted by Crippen LogP contribution is 2.31. The van der Waals surface area contributed by atoms with Crippen LogP contribution in [0.4, 0.5) is 14.6 Å². The van der Waals surface area contributed by atoms with E-state index < -0.39 is 11.7 Å². The fourth-order valence-corrected chi connectivity index (χ4v) is 2.96. The second-order valence-corrected chi connectivity index (χ2v) is 7.25. The third-order valence-electron chi connectivity index (χ3n) is 4.08. The molecule has 2 heterocycles. The van der Waals surface area contributed by atoms with E-state index in [-0.39, 0.29) is 11.7 Å². The van der Waals surface area contributed by atoms with Gasteiger partial charge in [0.05, 0.1) is 11.3 Å². The van der Waals surface area contributed by atoms with Crippen molar-refractivity contribution in [1.82, 2.24) is 9.78 Å². The van der Waals surface area contributed by atoms with Gasteiger partial charge in [-0.3, -0.25) is 0 Å². The normalized spacial score (nSPS) is 16.9. The van der Waals surface area contributed by atoms with Crippen molar-refractivity contribution in [3.05, 3.63) is 36.0 Å². The minimum atomic E-state index is -3.21. The number of anilines is 1. The van der Waals surface area contributed by atoms with E-state index in [2.05, 4.69) is 23.7 Å². The lowest BCUT2D eigenvalue weighted by atomic mass is 9.97. The summed E-state index contributed by atoms with van der Waals surface area (Å²) in [6.45, 7) is 7.72. The summed E-state index contributed by atoms with van der Waals surface area (Å²) in [7, 11) is 0. The van der Waals surface area contributed by atoms with Crippen LogP contribution in [0.15, 0.2) is 30.3 Å². The van der Waals surface area contributed by atoms with Crippen LogP contribution in [-0.4, -0.2) is 39.7 Å². The number of aliphatic hydroxyl groups is 1. The van der Waals surface area contributed by atoms with Crippen molar-refractivity contribution in [3.63, 3.8) is 0 Å². The number of alkyl halides is 2. The van der Waals surface area contributed by atoms with Crippen LogP contribution in [0.5, 0.6) is 5.75 Å². The average molecular weight is 351 g/mol. The van der Waals surface area contributed by atoms with E-state index in [1.54, 1.807) is 23.7 Å². The second-order valence-electron chi connectivity index (χ2n) is 7.25. The molecule has 7 heteroatoms. The molecule has 0 bridgehead atoms. The minimum Gasteiger partial charge on any atom is -0.433 e. The van der Waals surface area contributed by atoms with Crippen molar-refractivity contribution < 1.29 is 18.6 Å². The van der Waals surface area contributed by atoms with Gasteiger partial charge in [-0.25, -0.2) is 4.68 Å². The van der Waals surface area contributed by atoms with Gasteiger partial charge in [0.25, 0.3) is 0 Å². The molecule has 0 amide bonds. The van der Waals surface area contributed by atoms with Crippen LogP contribution in [0.1, 0.15) is 39.3 Å². The van der Waals surface area contributed by atoms with Gasteiger partial charge in [0.15, 0.2) is 5.82 Å². The zero-order valence-corrected chi connectivity index (χ0v) is 14.8. The largest absolute Gasteiger partial charge is 0.433 e. The molecule has 1 saturated heterocycles. The van der Waals surface area contributed by atoms with Gasteiger partial charge in [-0.15, -0.1) is 0 Å². The Hall–Kier alpha value is -2.15. The molecule has 1 aromatic carbocycles. The lowest BCUT2D eigenvalue weighted by molar-refractivity contribution is -0.158. The van der Waals surface area contributed by atoms with Gasteiger partial charge in [0, 0.05) is 31.8 Å². The summed E-state index contributed by atoms with van der Waals surface area (Å²) in [4.78, 5) is 2.01. The standard InChI is InChI=1S/C18H23F2N3O2/c1-12(2)15-9-16(22-10-17(3,24)11-22)21-23(15)13-5-7-14(8-6-13)25-18(4,19)20/h5-9,12,24H,10-11H2,1-4H3. The van der Waals surface area contributed by atoms with Crippen molar-refractivity contribution in [2.24, 2.45) is 0 Å². The Balaban J connectivity index is 1.87. The molecule has 1 aromatic heterocycles. The fourth-order valence-electron chi connectivity index (χ4n) is 2.96. The van der Waals surface area contributed by atoms with Crippen molar-refractivity contribution in [2.75, 3.05) is 18.0 Å². The Kier molecular flexibility index (Phi) is 4.23. The van der Waals surface area contributed by atoms with Crippen LogP contribution in [0, 0.1) is 0 Å². The maximum absolute atomic E-state index is 12.9. The van der Waals surface area contributed by atoms with Gasteiger partial charge < -0.3 is 14.7 Å². The number of hydrogen-bond acceptors (Lipinski definition) is 4. The van der Waals surface area contributed by atoms with Crippen molar-refractivity contribution >= 4 is 5.82 Å². The third kappa shape index (κ3) is 3.92. The minimum absolute atomic E-state index is 0.105. The SMILES string of the molecule is CC(C)c1cc(N2CC(C)(O)C2)nn1-c1ccc(OC(C)(F)F)cc1. The lowest BCUT2D eigenvalue weighted by Gasteiger charge is -2.44. The van der Waals surface area contributed by atoms with E-state index in [0.29, 0.717) is 20.0 Å². The second kappa shape index (κ2) is 5.98. The Labute approximate surface area is 145 Å². The zero-order valence-electron chi connectivity index (χ0n) is 14.8. The molecular weight excluding hydrogens is 328 g/mol. The molecular formula is C18H23F2N3O2. The summed E-state index contributed by atoms with van der Waals surface area (Å²) in [6.07, 6.45) is -3.21. The monoisotopic (exact) mass is 351 g/mol. The maximum atomic E-state index is 12.9. The molecule has 0 spiro atoms. The van der Waals surface area contributed by atoms with Crippen LogP contribution in [0.25, 0.3) is 5.69 Å². The first kappa shape index (κ1) is 17.7. The molecule has 136 valence electrons. The summed E-state index contributed by atoms with van der Waals surface area (Å²) < 4.78 is 32.2. The van der Waals surface area contributed by atoms with Crippen LogP contribution < -0.4 is 9.64 Å². The van der Waals surface area contributed by atoms with Crippen LogP contribution in [0.3, 0.4) is 0 Å². The number of nitrogens with zero attached hydrogens (tertiary/aromatic N) is 3. The van der Waals surface area contributed by atoms with E-state index in [4.69, 9.17) is 0 Å². The van der Waals surface area contributed by atoms with Gasteiger partial charge in [0.2, 0.25) is 0 Å². The van der Waals surface area contributed by atoms with Gasteiger partial charge in [-0.2, -0.15) is 13.9 Å². The van der Waals surface area contributed by atoms with Crippen LogP contribution in [-0.2, 0) is 0 Å². The van der Waals surface area contributed by atoms with Crippen molar-refractivity contribution in [2.45, 2.75) is 45.3 Å².